The van der Waals surface area contributed by atoms with Crippen molar-refractivity contribution in [3.05, 3.63) is 22.7 Å². The summed E-state index contributed by atoms with van der Waals surface area (Å²) in [6.45, 7) is 4.26. The molecule has 0 amide bonds. The van der Waals surface area contributed by atoms with Gasteiger partial charge in [0, 0.05) is 24.2 Å². The maximum absolute atomic E-state index is 9.83. The highest BCUT2D eigenvalue weighted by molar-refractivity contribution is 6.31. The first-order chi connectivity index (χ1) is 7.41. The van der Waals surface area contributed by atoms with Crippen LogP contribution in [0.25, 0.3) is 0 Å². The van der Waals surface area contributed by atoms with E-state index in [1.54, 1.807) is 0 Å². The first kappa shape index (κ1) is 13.1. The van der Waals surface area contributed by atoms with Crippen LogP contribution < -0.4 is 5.32 Å². The summed E-state index contributed by atoms with van der Waals surface area (Å²) in [4.78, 5) is 0. The Morgan fingerprint density at radius 2 is 1.81 bits per heavy atom. The van der Waals surface area contributed by atoms with E-state index in [1.807, 2.05) is 13.8 Å². The van der Waals surface area contributed by atoms with E-state index >= 15 is 0 Å². The molecule has 0 bridgehead atoms. The molecular weight excluding hydrogens is 230 g/mol. The molecule has 0 aliphatic heterocycles. The average molecular weight is 246 g/mol. The first-order valence-electron chi connectivity index (χ1n) is 5.04. The zero-order chi connectivity index (χ0) is 12.3. The lowest BCUT2D eigenvalue weighted by Gasteiger charge is -2.16. The average Bonchev–Trinajstić information content (AvgIpc) is 2.20. The highest BCUT2D eigenvalue weighted by atomic mass is 35.5. The van der Waals surface area contributed by atoms with Crippen molar-refractivity contribution in [2.24, 2.45) is 0 Å². The summed E-state index contributed by atoms with van der Waals surface area (Å²) in [6.07, 6.45) is -0.818. The minimum Gasteiger partial charge on any atom is -0.504 e. The van der Waals surface area contributed by atoms with Crippen LogP contribution in [0.1, 0.15) is 25.5 Å². The molecule has 0 saturated heterocycles. The zero-order valence-corrected chi connectivity index (χ0v) is 9.99. The Labute approximate surface area is 99.5 Å². The van der Waals surface area contributed by atoms with Crippen LogP contribution in [0.4, 0.5) is 0 Å². The van der Waals surface area contributed by atoms with Gasteiger partial charge in [0.25, 0.3) is 0 Å². The Kier molecular flexibility index (Phi) is 4.41. The Morgan fingerprint density at radius 3 is 2.38 bits per heavy atom. The number of benzene rings is 1. The summed E-state index contributed by atoms with van der Waals surface area (Å²) in [5.74, 6) is -0.583. The van der Waals surface area contributed by atoms with Gasteiger partial charge in [-0.3, -0.25) is 0 Å². The molecule has 1 rings (SSSR count). The van der Waals surface area contributed by atoms with Gasteiger partial charge in [-0.2, -0.15) is 0 Å². The Balaban J connectivity index is 2.82. The van der Waals surface area contributed by atoms with Gasteiger partial charge in [0.05, 0.1) is 11.1 Å². The second kappa shape index (κ2) is 5.39. The fourth-order valence-corrected chi connectivity index (χ4v) is 1.56. The van der Waals surface area contributed by atoms with E-state index in [4.69, 9.17) is 11.6 Å². The van der Waals surface area contributed by atoms with Crippen molar-refractivity contribution in [1.29, 1.82) is 0 Å². The number of hydrogen-bond acceptors (Lipinski definition) is 4. The van der Waals surface area contributed by atoms with Crippen molar-refractivity contribution >= 4 is 11.6 Å². The highest BCUT2D eigenvalue weighted by Gasteiger charge is 2.15. The van der Waals surface area contributed by atoms with E-state index in [0.29, 0.717) is 12.1 Å². The summed E-state index contributed by atoms with van der Waals surface area (Å²) in [7, 11) is 0. The first-order valence-corrected chi connectivity index (χ1v) is 5.42. The van der Waals surface area contributed by atoms with Crippen LogP contribution in [0, 0.1) is 0 Å². The Morgan fingerprint density at radius 1 is 1.25 bits per heavy atom. The summed E-state index contributed by atoms with van der Waals surface area (Å²) in [5.41, 5.74) is 0.394. The third-order valence-electron chi connectivity index (χ3n) is 2.17. The van der Waals surface area contributed by atoms with Crippen LogP contribution in [0.5, 0.6) is 11.5 Å². The van der Waals surface area contributed by atoms with Gasteiger partial charge in [0.15, 0.2) is 11.5 Å². The number of rotatable bonds is 4. The molecule has 0 aromatic heterocycles. The number of nitrogens with one attached hydrogen (secondary N) is 1. The monoisotopic (exact) mass is 245 g/mol. The highest BCUT2D eigenvalue weighted by Crippen LogP contribution is 2.34. The number of aliphatic hydroxyl groups excluding tert-OH is 1. The Bertz CT molecular complexity index is 368. The minimum absolute atomic E-state index is 0.230. The molecule has 0 aliphatic rings. The van der Waals surface area contributed by atoms with Gasteiger partial charge in [-0.15, -0.1) is 0 Å². The fourth-order valence-electron chi connectivity index (χ4n) is 1.28. The number of aliphatic hydroxyl groups is 1. The topological polar surface area (TPSA) is 72.7 Å². The molecule has 0 aliphatic carbocycles. The lowest BCUT2D eigenvalue weighted by Crippen LogP contribution is -2.28. The predicted octanol–water partition coefficient (Wildman–Crippen LogP) is 1.78. The molecule has 0 radical (unpaired) electrons. The molecule has 4 N–H and O–H groups in total. The maximum atomic E-state index is 9.83. The van der Waals surface area contributed by atoms with Crippen molar-refractivity contribution in [3.63, 3.8) is 0 Å². The normalized spacial score (nSPS) is 13.1. The van der Waals surface area contributed by atoms with Gasteiger partial charge in [0.1, 0.15) is 0 Å². The lowest BCUT2D eigenvalue weighted by molar-refractivity contribution is 0.171. The van der Waals surface area contributed by atoms with Gasteiger partial charge >= 0.3 is 0 Å². The largest absolute Gasteiger partial charge is 0.504 e. The molecule has 0 fully saturated rings. The smallest absolute Gasteiger partial charge is 0.158 e. The third-order valence-corrected chi connectivity index (χ3v) is 2.50. The quantitative estimate of drug-likeness (QED) is 0.611. The van der Waals surface area contributed by atoms with Crippen molar-refractivity contribution in [2.45, 2.75) is 26.0 Å². The third kappa shape index (κ3) is 3.27. The Hall–Kier alpha value is -0.970. The molecule has 1 aromatic rings. The van der Waals surface area contributed by atoms with E-state index in [2.05, 4.69) is 5.32 Å². The minimum atomic E-state index is -0.818. The summed E-state index contributed by atoms with van der Waals surface area (Å²) in [6, 6.07) is 2.73. The molecule has 1 unspecified atom stereocenters. The van der Waals surface area contributed by atoms with Gasteiger partial charge in [-0.25, -0.2) is 0 Å². The van der Waals surface area contributed by atoms with Gasteiger partial charge < -0.3 is 20.6 Å². The van der Waals surface area contributed by atoms with Crippen LogP contribution in [-0.2, 0) is 0 Å². The molecule has 0 saturated carbocycles. The number of aromatic hydroxyl groups is 2. The summed E-state index contributed by atoms with van der Waals surface area (Å²) in [5, 5.41) is 31.6. The van der Waals surface area contributed by atoms with Crippen LogP contribution >= 0.6 is 11.6 Å². The van der Waals surface area contributed by atoms with Gasteiger partial charge in [-0.05, 0) is 6.07 Å². The molecule has 5 heteroatoms. The molecule has 0 heterocycles. The predicted molar refractivity (Wildman–Crippen MR) is 62.9 cm³/mol. The second-order valence-electron chi connectivity index (χ2n) is 3.94. The number of halogens is 1. The molecule has 1 atom stereocenters. The summed E-state index contributed by atoms with van der Waals surface area (Å²) >= 11 is 5.85. The summed E-state index contributed by atoms with van der Waals surface area (Å²) < 4.78 is 0. The van der Waals surface area contributed by atoms with Crippen LogP contribution in [0.15, 0.2) is 12.1 Å². The standard InChI is InChI=1S/C11H16ClNO3/c1-6(2)13-5-11(16)7-3-9(14)10(15)4-8(7)12/h3-4,6,11,13-16H,5H2,1-2H3. The number of phenolic OH excluding ortho intramolecular Hbond substituents is 2. The molecule has 0 spiro atoms. The van der Waals surface area contributed by atoms with Crippen LogP contribution in [-0.4, -0.2) is 27.9 Å². The molecule has 90 valence electrons. The molecule has 16 heavy (non-hydrogen) atoms. The van der Waals surface area contributed by atoms with Gasteiger partial charge in [0.2, 0.25) is 0 Å². The van der Waals surface area contributed by atoms with E-state index in [9.17, 15) is 15.3 Å². The maximum Gasteiger partial charge on any atom is 0.158 e. The van der Waals surface area contributed by atoms with Crippen molar-refractivity contribution in [2.75, 3.05) is 6.54 Å². The van der Waals surface area contributed by atoms with Crippen LogP contribution in [0.2, 0.25) is 5.02 Å². The van der Waals surface area contributed by atoms with Crippen molar-refractivity contribution in [3.8, 4) is 11.5 Å². The fraction of sp³-hybridized carbons (Fsp3) is 0.455. The lowest BCUT2D eigenvalue weighted by atomic mass is 10.1. The molecule has 1 aromatic carbocycles. The molecular formula is C11H16ClNO3. The number of hydrogen-bond donors (Lipinski definition) is 4. The van der Waals surface area contributed by atoms with Crippen LogP contribution in [0.3, 0.4) is 0 Å². The number of phenols is 2. The van der Waals surface area contributed by atoms with E-state index in [-0.39, 0.29) is 22.6 Å². The van der Waals surface area contributed by atoms with Gasteiger partial charge in [-0.1, -0.05) is 25.4 Å². The zero-order valence-electron chi connectivity index (χ0n) is 9.24. The SMILES string of the molecule is CC(C)NCC(O)c1cc(O)c(O)cc1Cl. The van der Waals surface area contributed by atoms with E-state index < -0.39 is 6.10 Å². The second-order valence-corrected chi connectivity index (χ2v) is 4.35. The van der Waals surface area contributed by atoms with Crippen molar-refractivity contribution < 1.29 is 15.3 Å². The molecule has 4 nitrogen and oxygen atoms in total. The van der Waals surface area contributed by atoms with E-state index in [0.717, 1.165) is 0 Å². The van der Waals surface area contributed by atoms with E-state index in [1.165, 1.54) is 12.1 Å². The van der Waals surface area contributed by atoms with Crippen molar-refractivity contribution in [1.82, 2.24) is 5.32 Å².